The molecule has 38 heavy (non-hydrogen) atoms. The van der Waals surface area contributed by atoms with Crippen LogP contribution in [0.25, 0.3) is 27.8 Å². The first-order chi connectivity index (χ1) is 18.3. The molecular formula is C35H37N2S+. The van der Waals surface area contributed by atoms with E-state index < -0.39 is 0 Å². The van der Waals surface area contributed by atoms with Gasteiger partial charge in [-0.05, 0) is 79.8 Å². The number of allylic oxidation sites excluding steroid dienone is 4. The Bertz CT molecular complexity index is 1650. The van der Waals surface area contributed by atoms with Crippen LogP contribution in [0.2, 0.25) is 0 Å². The van der Waals surface area contributed by atoms with Gasteiger partial charge in [0.25, 0.3) is 0 Å². The molecular weight excluding hydrogens is 480 g/mol. The lowest BCUT2D eigenvalue weighted by Gasteiger charge is -2.31. The van der Waals surface area contributed by atoms with Crippen LogP contribution in [0.5, 0.6) is 0 Å². The van der Waals surface area contributed by atoms with Gasteiger partial charge in [0, 0.05) is 40.4 Å². The molecule has 3 heteroatoms. The fourth-order valence-corrected chi connectivity index (χ4v) is 7.49. The average Bonchev–Trinajstić information content (AvgIpc) is 3.25. The summed E-state index contributed by atoms with van der Waals surface area (Å²) in [7, 11) is 0. The number of nitrogens with zero attached hydrogens (tertiary/aromatic N) is 2. The highest BCUT2D eigenvalue weighted by Crippen LogP contribution is 2.50. The van der Waals surface area contributed by atoms with E-state index in [1.807, 2.05) is 11.8 Å². The minimum Gasteiger partial charge on any atom is -0.335 e. The van der Waals surface area contributed by atoms with Crippen molar-refractivity contribution >= 4 is 45.2 Å². The highest BCUT2D eigenvalue weighted by molar-refractivity contribution is 8.03. The number of hydrogen-bond acceptors (Lipinski definition) is 2. The standard InChI is InChI=1S/C35H37N2S/c1-6-36-29(15-13-28-18-24(3)12-16-31(28)36)20-25-19-26(23-35(4,5)22-25)21-33-37(7-2)34-30-11-9-8-10-27(30)14-17-32(34)38-33/h8-21H,6-7,22-23H2,1-5H3/q+1. The average molecular weight is 518 g/mol. The monoisotopic (exact) mass is 517 g/mol. The normalized spacial score (nSPS) is 19.0. The van der Waals surface area contributed by atoms with Crippen LogP contribution in [-0.4, -0.2) is 6.54 Å². The third-order valence-electron chi connectivity index (χ3n) is 7.84. The summed E-state index contributed by atoms with van der Waals surface area (Å²) in [5, 5.41) is 5.30. The van der Waals surface area contributed by atoms with E-state index in [1.165, 1.54) is 59.7 Å². The minimum atomic E-state index is 0.220. The molecule has 1 aliphatic carbocycles. The van der Waals surface area contributed by atoms with E-state index in [2.05, 4.69) is 129 Å². The smallest absolute Gasteiger partial charge is 0.212 e. The molecule has 2 heterocycles. The molecule has 0 saturated carbocycles. The third kappa shape index (κ3) is 4.58. The van der Waals surface area contributed by atoms with Crippen molar-refractivity contribution in [1.29, 1.82) is 0 Å². The molecule has 0 saturated heterocycles. The first kappa shape index (κ1) is 25.0. The summed E-state index contributed by atoms with van der Waals surface area (Å²) in [5.41, 5.74) is 8.31. The zero-order valence-corrected chi connectivity index (χ0v) is 24.0. The molecule has 0 N–H and O–H groups in total. The molecule has 1 aliphatic heterocycles. The Balaban J connectivity index is 1.40. The van der Waals surface area contributed by atoms with Crippen molar-refractivity contribution in [3.8, 4) is 0 Å². The topological polar surface area (TPSA) is 7.12 Å². The Labute approximate surface area is 231 Å². The maximum atomic E-state index is 2.50. The molecule has 1 aromatic heterocycles. The van der Waals surface area contributed by atoms with E-state index in [0.717, 1.165) is 25.9 Å². The van der Waals surface area contributed by atoms with Gasteiger partial charge in [0.05, 0.1) is 10.7 Å². The Morgan fingerprint density at radius 3 is 2.55 bits per heavy atom. The zero-order chi connectivity index (χ0) is 26.4. The van der Waals surface area contributed by atoms with Crippen molar-refractivity contribution in [2.45, 2.75) is 58.9 Å². The zero-order valence-electron chi connectivity index (χ0n) is 23.2. The maximum absolute atomic E-state index is 2.50. The van der Waals surface area contributed by atoms with Crippen LogP contribution in [0.1, 0.15) is 51.8 Å². The van der Waals surface area contributed by atoms with Gasteiger partial charge in [0.1, 0.15) is 6.54 Å². The minimum absolute atomic E-state index is 0.220. The summed E-state index contributed by atoms with van der Waals surface area (Å²) < 4.78 is 2.45. The Kier molecular flexibility index (Phi) is 6.44. The van der Waals surface area contributed by atoms with E-state index >= 15 is 0 Å². The summed E-state index contributed by atoms with van der Waals surface area (Å²) in [6, 6.07) is 24.7. The lowest BCUT2D eigenvalue weighted by Crippen LogP contribution is -2.36. The molecule has 2 nitrogen and oxygen atoms in total. The van der Waals surface area contributed by atoms with Crippen LogP contribution >= 0.6 is 11.8 Å². The van der Waals surface area contributed by atoms with Crippen LogP contribution in [-0.2, 0) is 6.54 Å². The molecule has 2 aliphatic rings. The fraction of sp³-hybridized carbons (Fsp3) is 0.286. The molecule has 0 spiro atoms. The number of aromatic nitrogens is 1. The van der Waals surface area contributed by atoms with E-state index in [9.17, 15) is 0 Å². The summed E-state index contributed by atoms with van der Waals surface area (Å²) in [6.45, 7) is 13.4. The number of fused-ring (bicyclic) bond motifs is 4. The summed E-state index contributed by atoms with van der Waals surface area (Å²) in [5.74, 6) is 0. The molecule has 192 valence electrons. The van der Waals surface area contributed by atoms with Gasteiger partial charge in [0.15, 0.2) is 0 Å². The van der Waals surface area contributed by atoms with E-state index in [1.54, 1.807) is 0 Å². The quantitative estimate of drug-likeness (QED) is 0.249. The van der Waals surface area contributed by atoms with Crippen LogP contribution < -0.4 is 9.47 Å². The van der Waals surface area contributed by atoms with Crippen LogP contribution in [0.4, 0.5) is 5.69 Å². The number of anilines is 1. The lowest BCUT2D eigenvalue weighted by molar-refractivity contribution is -0.669. The first-order valence-corrected chi connectivity index (χ1v) is 14.7. The molecule has 4 aromatic rings. The van der Waals surface area contributed by atoms with Crippen LogP contribution in [0, 0.1) is 12.3 Å². The highest BCUT2D eigenvalue weighted by Gasteiger charge is 2.29. The lowest BCUT2D eigenvalue weighted by atomic mass is 9.75. The van der Waals surface area contributed by atoms with Crippen molar-refractivity contribution in [2.24, 2.45) is 5.41 Å². The van der Waals surface area contributed by atoms with Crippen LogP contribution in [0.15, 0.2) is 100.0 Å². The molecule has 0 atom stereocenters. The Morgan fingerprint density at radius 2 is 1.74 bits per heavy atom. The Hall–Kier alpha value is -3.30. The van der Waals surface area contributed by atoms with Gasteiger partial charge in [-0.25, -0.2) is 0 Å². The molecule has 0 fully saturated rings. The highest BCUT2D eigenvalue weighted by atomic mass is 32.2. The summed E-state index contributed by atoms with van der Waals surface area (Å²) >= 11 is 1.91. The summed E-state index contributed by atoms with van der Waals surface area (Å²) in [4.78, 5) is 3.86. The van der Waals surface area contributed by atoms with E-state index in [4.69, 9.17) is 0 Å². The number of thioether (sulfide) groups is 1. The molecule has 0 radical (unpaired) electrons. The van der Waals surface area contributed by atoms with Gasteiger partial charge in [-0.2, -0.15) is 4.57 Å². The van der Waals surface area contributed by atoms with Crippen molar-refractivity contribution < 1.29 is 4.57 Å². The molecule has 0 bridgehead atoms. The van der Waals surface area contributed by atoms with Crippen molar-refractivity contribution in [2.75, 3.05) is 11.4 Å². The Morgan fingerprint density at radius 1 is 0.921 bits per heavy atom. The predicted molar refractivity (Wildman–Crippen MR) is 165 cm³/mol. The van der Waals surface area contributed by atoms with E-state index in [-0.39, 0.29) is 5.41 Å². The van der Waals surface area contributed by atoms with Crippen molar-refractivity contribution in [3.63, 3.8) is 0 Å². The van der Waals surface area contributed by atoms with Gasteiger partial charge in [-0.15, -0.1) is 0 Å². The fourth-order valence-electron chi connectivity index (χ4n) is 6.27. The number of hydrogen-bond donors (Lipinski definition) is 0. The molecule has 3 aromatic carbocycles. The first-order valence-electron chi connectivity index (χ1n) is 13.9. The number of pyridine rings is 1. The molecule has 0 amide bonds. The second-order valence-corrected chi connectivity index (χ2v) is 12.5. The SMILES string of the molecule is CCN1/C(=C/C2=CC(=C/c3ccc4cc(C)ccc4[n+]3CC)/CC(C)(C)C2)Sc2ccc3ccccc3c21. The number of aryl methyl sites for hydroxylation is 2. The van der Waals surface area contributed by atoms with Gasteiger partial charge in [0.2, 0.25) is 11.2 Å². The molecule has 0 unspecified atom stereocenters. The predicted octanol–water partition coefficient (Wildman–Crippen LogP) is 9.21. The molecule has 6 rings (SSSR count). The number of benzene rings is 3. The maximum Gasteiger partial charge on any atom is 0.212 e. The number of rotatable bonds is 4. The third-order valence-corrected chi connectivity index (χ3v) is 8.94. The largest absolute Gasteiger partial charge is 0.335 e. The van der Waals surface area contributed by atoms with Crippen LogP contribution in [0.3, 0.4) is 0 Å². The van der Waals surface area contributed by atoms with Crippen molar-refractivity contribution in [3.05, 3.63) is 106 Å². The van der Waals surface area contributed by atoms with Gasteiger partial charge >= 0.3 is 0 Å². The second-order valence-electron chi connectivity index (χ2n) is 11.5. The van der Waals surface area contributed by atoms with Gasteiger partial charge in [-0.3, -0.25) is 0 Å². The second kappa shape index (κ2) is 9.78. The summed E-state index contributed by atoms with van der Waals surface area (Å²) in [6.07, 6.45) is 9.50. The van der Waals surface area contributed by atoms with E-state index in [0.29, 0.717) is 0 Å². The van der Waals surface area contributed by atoms with Gasteiger partial charge < -0.3 is 4.90 Å². The van der Waals surface area contributed by atoms with Gasteiger partial charge in [-0.1, -0.05) is 73.6 Å². The van der Waals surface area contributed by atoms with Crippen molar-refractivity contribution in [1.82, 2.24) is 0 Å².